The van der Waals surface area contributed by atoms with Gasteiger partial charge < -0.3 is 10.1 Å². The van der Waals surface area contributed by atoms with Crippen LogP contribution in [-0.4, -0.2) is 37.9 Å². The van der Waals surface area contributed by atoms with Gasteiger partial charge in [0.25, 0.3) is 0 Å². The highest BCUT2D eigenvalue weighted by Crippen LogP contribution is 2.08. The van der Waals surface area contributed by atoms with Crippen LogP contribution in [0.4, 0.5) is 0 Å². The first-order chi connectivity index (χ1) is 7.15. The van der Waals surface area contributed by atoms with Crippen LogP contribution in [0.15, 0.2) is 4.99 Å². The predicted molar refractivity (Wildman–Crippen MR) is 62.3 cm³/mol. The SMILES string of the molecule is CC.COC(=O)C1=NC(C(C)C)CNC1. The van der Waals surface area contributed by atoms with Crippen LogP contribution in [0.2, 0.25) is 0 Å². The van der Waals surface area contributed by atoms with Gasteiger partial charge in [-0.25, -0.2) is 4.79 Å². The molecule has 0 aromatic heterocycles. The summed E-state index contributed by atoms with van der Waals surface area (Å²) in [4.78, 5) is 15.5. The average molecular weight is 214 g/mol. The number of hydrogen-bond donors (Lipinski definition) is 1. The molecule has 0 saturated heterocycles. The lowest BCUT2D eigenvalue weighted by atomic mass is 10.0. The van der Waals surface area contributed by atoms with E-state index in [-0.39, 0.29) is 12.0 Å². The largest absolute Gasteiger partial charge is 0.465 e. The maximum Gasteiger partial charge on any atom is 0.353 e. The Morgan fingerprint density at radius 1 is 1.53 bits per heavy atom. The van der Waals surface area contributed by atoms with Crippen molar-refractivity contribution >= 4 is 11.7 Å². The third kappa shape index (κ3) is 4.42. The summed E-state index contributed by atoms with van der Waals surface area (Å²) in [5, 5.41) is 3.15. The number of carbonyl (C=O) groups excluding carboxylic acids is 1. The summed E-state index contributed by atoms with van der Waals surface area (Å²) in [5.41, 5.74) is 0.507. The molecule has 0 saturated carbocycles. The van der Waals surface area contributed by atoms with Crippen molar-refractivity contribution in [2.24, 2.45) is 10.9 Å². The first kappa shape index (κ1) is 14.1. The van der Waals surface area contributed by atoms with Crippen LogP contribution in [0.3, 0.4) is 0 Å². The minimum atomic E-state index is -0.321. The zero-order valence-corrected chi connectivity index (χ0v) is 10.3. The Labute approximate surface area is 92.1 Å². The average Bonchev–Trinajstić information content (AvgIpc) is 2.30. The van der Waals surface area contributed by atoms with Crippen molar-refractivity contribution in [3.63, 3.8) is 0 Å². The smallest absolute Gasteiger partial charge is 0.353 e. The third-order valence-corrected chi connectivity index (χ3v) is 2.16. The number of nitrogens with zero attached hydrogens (tertiary/aromatic N) is 1. The third-order valence-electron chi connectivity index (χ3n) is 2.16. The molecule has 1 aliphatic rings. The second-order valence-electron chi connectivity index (χ2n) is 3.51. The maximum absolute atomic E-state index is 11.1. The molecule has 0 aromatic carbocycles. The molecule has 88 valence electrons. The Hall–Kier alpha value is -0.900. The Kier molecular flexibility index (Phi) is 6.96. The lowest BCUT2D eigenvalue weighted by Crippen LogP contribution is -2.42. The van der Waals surface area contributed by atoms with Crippen molar-refractivity contribution in [2.45, 2.75) is 33.7 Å². The molecule has 1 heterocycles. The molecule has 1 unspecified atom stereocenters. The topological polar surface area (TPSA) is 50.7 Å². The molecule has 1 rings (SSSR count). The van der Waals surface area contributed by atoms with Gasteiger partial charge in [0, 0.05) is 13.1 Å². The first-order valence-electron chi connectivity index (χ1n) is 5.51. The number of methoxy groups -OCH3 is 1. The Morgan fingerprint density at radius 2 is 2.13 bits per heavy atom. The number of hydrogen-bond acceptors (Lipinski definition) is 4. The van der Waals surface area contributed by atoms with E-state index in [9.17, 15) is 4.79 Å². The van der Waals surface area contributed by atoms with Crippen molar-refractivity contribution in [3.8, 4) is 0 Å². The lowest BCUT2D eigenvalue weighted by Gasteiger charge is -2.23. The van der Waals surface area contributed by atoms with Gasteiger partial charge in [-0.1, -0.05) is 27.7 Å². The standard InChI is InChI=1S/C9H16N2O2.C2H6/c1-6(2)7-4-10-5-8(11-7)9(12)13-3;1-2/h6-7,10H,4-5H2,1-3H3;1-2H3. The summed E-state index contributed by atoms with van der Waals surface area (Å²) in [6.45, 7) is 9.56. The second kappa shape index (κ2) is 7.40. The van der Waals surface area contributed by atoms with Gasteiger partial charge in [0.15, 0.2) is 0 Å². The molecule has 4 nitrogen and oxygen atoms in total. The molecule has 1 aliphatic heterocycles. The van der Waals surface area contributed by atoms with E-state index in [1.807, 2.05) is 13.8 Å². The number of aliphatic imine (C=N–C) groups is 1. The van der Waals surface area contributed by atoms with Gasteiger partial charge in [-0.15, -0.1) is 0 Å². The van der Waals surface area contributed by atoms with Crippen LogP contribution < -0.4 is 5.32 Å². The number of ether oxygens (including phenoxy) is 1. The number of carbonyl (C=O) groups is 1. The van der Waals surface area contributed by atoms with Crippen LogP contribution in [0.1, 0.15) is 27.7 Å². The molecule has 0 radical (unpaired) electrons. The van der Waals surface area contributed by atoms with E-state index in [4.69, 9.17) is 0 Å². The fourth-order valence-electron chi connectivity index (χ4n) is 1.26. The lowest BCUT2D eigenvalue weighted by molar-refractivity contribution is -0.132. The fraction of sp³-hybridized carbons (Fsp3) is 0.818. The van der Waals surface area contributed by atoms with Gasteiger partial charge in [0.2, 0.25) is 0 Å². The Morgan fingerprint density at radius 3 is 2.60 bits per heavy atom. The molecular formula is C11H22N2O2. The number of nitrogens with one attached hydrogen (secondary N) is 1. The molecule has 15 heavy (non-hydrogen) atoms. The fourth-order valence-corrected chi connectivity index (χ4v) is 1.26. The molecule has 4 heteroatoms. The summed E-state index contributed by atoms with van der Waals surface area (Å²) in [5.74, 6) is 0.130. The van der Waals surface area contributed by atoms with Gasteiger partial charge in [-0.05, 0) is 5.92 Å². The molecule has 0 fully saturated rings. The van der Waals surface area contributed by atoms with Gasteiger partial charge >= 0.3 is 5.97 Å². The van der Waals surface area contributed by atoms with Crippen LogP contribution in [-0.2, 0) is 9.53 Å². The zero-order valence-electron chi connectivity index (χ0n) is 10.3. The second-order valence-corrected chi connectivity index (χ2v) is 3.51. The van der Waals surface area contributed by atoms with Crippen LogP contribution in [0.25, 0.3) is 0 Å². The summed E-state index contributed by atoms with van der Waals surface area (Å²) in [7, 11) is 1.38. The van der Waals surface area contributed by atoms with Crippen LogP contribution in [0, 0.1) is 5.92 Å². The summed E-state index contributed by atoms with van der Waals surface area (Å²) >= 11 is 0. The summed E-state index contributed by atoms with van der Waals surface area (Å²) in [6.07, 6.45) is 0. The molecule has 0 spiro atoms. The highest BCUT2D eigenvalue weighted by Gasteiger charge is 2.21. The summed E-state index contributed by atoms with van der Waals surface area (Å²) < 4.78 is 4.61. The highest BCUT2D eigenvalue weighted by molar-refractivity contribution is 6.37. The van der Waals surface area contributed by atoms with E-state index in [2.05, 4.69) is 28.9 Å². The van der Waals surface area contributed by atoms with Gasteiger partial charge in [0.05, 0.1) is 13.2 Å². The van der Waals surface area contributed by atoms with Crippen LogP contribution >= 0.6 is 0 Å². The molecule has 0 amide bonds. The van der Waals surface area contributed by atoms with Crippen molar-refractivity contribution in [1.82, 2.24) is 5.32 Å². The van der Waals surface area contributed by atoms with E-state index in [1.165, 1.54) is 7.11 Å². The van der Waals surface area contributed by atoms with Crippen molar-refractivity contribution in [3.05, 3.63) is 0 Å². The van der Waals surface area contributed by atoms with Crippen LogP contribution in [0.5, 0.6) is 0 Å². The molecule has 0 aliphatic carbocycles. The van der Waals surface area contributed by atoms with Gasteiger partial charge in [-0.2, -0.15) is 0 Å². The van der Waals surface area contributed by atoms with Gasteiger partial charge in [0.1, 0.15) is 5.71 Å². The molecular weight excluding hydrogens is 192 g/mol. The summed E-state index contributed by atoms with van der Waals surface area (Å²) in [6, 6.07) is 0.197. The molecule has 0 aromatic rings. The normalized spacial score (nSPS) is 20.1. The zero-order chi connectivity index (χ0) is 11.8. The van der Waals surface area contributed by atoms with Crippen molar-refractivity contribution in [2.75, 3.05) is 20.2 Å². The van der Waals surface area contributed by atoms with E-state index in [0.29, 0.717) is 18.2 Å². The minimum absolute atomic E-state index is 0.197. The number of esters is 1. The quantitative estimate of drug-likeness (QED) is 0.704. The molecule has 1 atom stereocenters. The maximum atomic E-state index is 11.1. The van der Waals surface area contributed by atoms with Gasteiger partial charge in [-0.3, -0.25) is 4.99 Å². The van der Waals surface area contributed by atoms with E-state index < -0.39 is 0 Å². The predicted octanol–water partition coefficient (Wildman–Crippen LogP) is 1.25. The number of rotatable bonds is 2. The van der Waals surface area contributed by atoms with E-state index in [1.54, 1.807) is 0 Å². The monoisotopic (exact) mass is 214 g/mol. The minimum Gasteiger partial charge on any atom is -0.465 e. The molecule has 0 bridgehead atoms. The van der Waals surface area contributed by atoms with E-state index >= 15 is 0 Å². The van der Waals surface area contributed by atoms with Crippen molar-refractivity contribution < 1.29 is 9.53 Å². The Bertz CT molecular complexity index is 225. The van der Waals surface area contributed by atoms with E-state index in [0.717, 1.165) is 6.54 Å². The highest BCUT2D eigenvalue weighted by atomic mass is 16.5. The Balaban J connectivity index is 0.000000921. The van der Waals surface area contributed by atoms with Crippen molar-refractivity contribution in [1.29, 1.82) is 0 Å². The molecule has 1 N–H and O–H groups in total. The first-order valence-corrected chi connectivity index (χ1v) is 5.51.